The van der Waals surface area contributed by atoms with Gasteiger partial charge in [-0.15, -0.1) is 0 Å². The Bertz CT molecular complexity index is 894. The number of benzene rings is 1. The Kier molecular flexibility index (Phi) is 5.24. The molecule has 0 aliphatic carbocycles. The van der Waals surface area contributed by atoms with Crippen molar-refractivity contribution in [3.63, 3.8) is 0 Å². The van der Waals surface area contributed by atoms with Crippen molar-refractivity contribution in [3.05, 3.63) is 48.8 Å². The highest BCUT2D eigenvalue weighted by Crippen LogP contribution is 2.24. The molecular weight excluding hydrogens is 346 g/mol. The number of nitrogens with two attached hydrogens (primary N) is 1. The fourth-order valence-corrected chi connectivity index (χ4v) is 3.18. The van der Waals surface area contributed by atoms with Crippen molar-refractivity contribution in [2.24, 2.45) is 0 Å². The molecule has 0 saturated carbocycles. The van der Waals surface area contributed by atoms with Gasteiger partial charge >= 0.3 is 0 Å². The van der Waals surface area contributed by atoms with Crippen LogP contribution in [0.2, 0.25) is 0 Å². The Morgan fingerprint density at radius 3 is 2.74 bits per heavy atom. The first-order valence-corrected chi connectivity index (χ1v) is 8.92. The second kappa shape index (κ2) is 7.96. The van der Waals surface area contributed by atoms with Crippen molar-refractivity contribution < 1.29 is 18.9 Å². The number of hydrogen-bond acceptors (Lipinski definition) is 6. The normalized spacial score (nSPS) is 19.6. The average Bonchev–Trinajstić information content (AvgIpc) is 3.32. The summed E-state index contributed by atoms with van der Waals surface area (Å²) in [6.07, 6.45) is 3.70. The molecule has 7 heteroatoms. The Hall–Kier alpha value is -2.61. The highest BCUT2D eigenvalue weighted by molar-refractivity contribution is 5.65. The van der Waals surface area contributed by atoms with Crippen LogP contribution in [0.5, 0.6) is 5.75 Å². The van der Waals surface area contributed by atoms with Crippen molar-refractivity contribution >= 4 is 11.3 Å². The van der Waals surface area contributed by atoms with Crippen LogP contribution in [-0.2, 0) is 14.2 Å². The SMILES string of the molecule is COC1COCC1OCCOc1ccc(-c2cnc3ccc(N)cn23)cc1. The number of hydrogen-bond donors (Lipinski definition) is 1. The predicted molar refractivity (Wildman–Crippen MR) is 102 cm³/mol. The zero-order valence-electron chi connectivity index (χ0n) is 15.2. The molecule has 3 aromatic rings. The summed E-state index contributed by atoms with van der Waals surface area (Å²) in [5.41, 5.74) is 9.48. The minimum atomic E-state index is -0.0245. The van der Waals surface area contributed by atoms with Gasteiger partial charge in [0.15, 0.2) is 0 Å². The van der Waals surface area contributed by atoms with Crippen LogP contribution >= 0.6 is 0 Å². The highest BCUT2D eigenvalue weighted by Gasteiger charge is 2.28. The van der Waals surface area contributed by atoms with Gasteiger partial charge in [0.25, 0.3) is 0 Å². The summed E-state index contributed by atoms with van der Waals surface area (Å²) in [4.78, 5) is 4.41. The van der Waals surface area contributed by atoms with Crippen LogP contribution < -0.4 is 10.5 Å². The zero-order chi connectivity index (χ0) is 18.6. The van der Waals surface area contributed by atoms with Gasteiger partial charge in [-0.2, -0.15) is 0 Å². The van der Waals surface area contributed by atoms with E-state index in [1.807, 2.05) is 53.2 Å². The minimum Gasteiger partial charge on any atom is -0.491 e. The largest absolute Gasteiger partial charge is 0.491 e. The topological polar surface area (TPSA) is 80.2 Å². The fraction of sp³-hybridized carbons (Fsp3) is 0.350. The first-order chi connectivity index (χ1) is 13.2. The molecule has 1 aliphatic rings. The summed E-state index contributed by atoms with van der Waals surface area (Å²) in [7, 11) is 1.67. The number of nitrogens with zero attached hydrogens (tertiary/aromatic N) is 2. The lowest BCUT2D eigenvalue weighted by molar-refractivity contribution is -0.0359. The van der Waals surface area contributed by atoms with Gasteiger partial charge in [0.05, 0.1) is 31.7 Å². The lowest BCUT2D eigenvalue weighted by Crippen LogP contribution is -2.30. The van der Waals surface area contributed by atoms with Crippen LogP contribution in [0.1, 0.15) is 0 Å². The van der Waals surface area contributed by atoms with Gasteiger partial charge in [0, 0.05) is 24.6 Å². The van der Waals surface area contributed by atoms with E-state index >= 15 is 0 Å². The van der Waals surface area contributed by atoms with Crippen molar-refractivity contribution in [1.82, 2.24) is 9.38 Å². The average molecular weight is 369 g/mol. The lowest BCUT2D eigenvalue weighted by atomic mass is 10.1. The molecule has 2 aromatic heterocycles. The summed E-state index contributed by atoms with van der Waals surface area (Å²) >= 11 is 0. The molecule has 2 atom stereocenters. The summed E-state index contributed by atoms with van der Waals surface area (Å²) < 4.78 is 24.2. The molecule has 0 radical (unpaired) electrons. The molecule has 4 rings (SSSR count). The molecule has 1 aliphatic heterocycles. The molecular formula is C20H23N3O4. The number of methoxy groups -OCH3 is 1. The van der Waals surface area contributed by atoms with Crippen molar-refractivity contribution in [2.75, 3.05) is 39.3 Å². The van der Waals surface area contributed by atoms with E-state index < -0.39 is 0 Å². The molecule has 0 bridgehead atoms. The molecule has 1 aromatic carbocycles. The zero-order valence-corrected chi connectivity index (χ0v) is 15.2. The van der Waals surface area contributed by atoms with E-state index in [2.05, 4.69) is 4.98 Å². The number of pyridine rings is 1. The van der Waals surface area contributed by atoms with Crippen LogP contribution in [0.3, 0.4) is 0 Å². The number of imidazole rings is 1. The van der Waals surface area contributed by atoms with Crippen molar-refractivity contribution in [3.8, 4) is 17.0 Å². The molecule has 0 spiro atoms. The second-order valence-corrected chi connectivity index (χ2v) is 6.43. The summed E-state index contributed by atoms with van der Waals surface area (Å²) in [5.74, 6) is 0.793. The lowest BCUT2D eigenvalue weighted by Gasteiger charge is -2.17. The number of aromatic nitrogens is 2. The number of nitrogen functional groups attached to an aromatic ring is 1. The molecule has 7 nitrogen and oxygen atoms in total. The van der Waals surface area contributed by atoms with Crippen LogP contribution in [0.15, 0.2) is 48.8 Å². The van der Waals surface area contributed by atoms with E-state index in [1.54, 1.807) is 7.11 Å². The maximum absolute atomic E-state index is 5.89. The third kappa shape index (κ3) is 3.90. The van der Waals surface area contributed by atoms with Gasteiger partial charge in [0.2, 0.25) is 0 Å². The molecule has 0 amide bonds. The Balaban J connectivity index is 1.34. The maximum atomic E-state index is 5.89. The Morgan fingerprint density at radius 2 is 1.93 bits per heavy atom. The molecule has 1 fully saturated rings. The van der Waals surface area contributed by atoms with Gasteiger partial charge in [-0.05, 0) is 36.4 Å². The molecule has 2 N–H and O–H groups in total. The third-order valence-electron chi connectivity index (χ3n) is 4.64. The standard InChI is InChI=1S/C20H23N3O4/c1-24-18-12-25-13-19(18)27-9-8-26-16-5-2-14(3-6-16)17-10-22-20-7-4-15(21)11-23(17)20/h2-7,10-11,18-19H,8-9,12-13,21H2,1H3. The molecule has 3 heterocycles. The van der Waals surface area contributed by atoms with Gasteiger partial charge in [0.1, 0.15) is 30.2 Å². The van der Waals surface area contributed by atoms with E-state index in [4.69, 9.17) is 24.7 Å². The van der Waals surface area contributed by atoms with E-state index in [0.29, 0.717) is 32.1 Å². The summed E-state index contributed by atoms with van der Waals surface area (Å²) in [5, 5.41) is 0. The quantitative estimate of drug-likeness (QED) is 0.644. The van der Waals surface area contributed by atoms with E-state index in [1.165, 1.54) is 0 Å². The molecule has 2 unspecified atom stereocenters. The number of rotatable bonds is 7. The number of anilines is 1. The van der Waals surface area contributed by atoms with E-state index in [0.717, 1.165) is 22.7 Å². The first-order valence-electron chi connectivity index (χ1n) is 8.92. The molecule has 1 saturated heterocycles. The van der Waals surface area contributed by atoms with Crippen LogP contribution in [-0.4, -0.2) is 55.1 Å². The third-order valence-corrected chi connectivity index (χ3v) is 4.64. The van der Waals surface area contributed by atoms with Gasteiger partial charge < -0.3 is 24.7 Å². The number of fused-ring (bicyclic) bond motifs is 1. The van der Waals surface area contributed by atoms with Crippen molar-refractivity contribution in [1.29, 1.82) is 0 Å². The monoisotopic (exact) mass is 369 g/mol. The second-order valence-electron chi connectivity index (χ2n) is 6.43. The van der Waals surface area contributed by atoms with E-state index in [9.17, 15) is 0 Å². The minimum absolute atomic E-state index is 0.00352. The van der Waals surface area contributed by atoms with E-state index in [-0.39, 0.29) is 12.2 Å². The highest BCUT2D eigenvalue weighted by atomic mass is 16.6. The number of ether oxygens (including phenoxy) is 4. The molecule has 142 valence electrons. The Labute approximate surface area is 157 Å². The summed E-state index contributed by atoms with van der Waals surface area (Å²) in [6.45, 7) is 2.11. The Morgan fingerprint density at radius 1 is 1.11 bits per heavy atom. The van der Waals surface area contributed by atoms with Gasteiger partial charge in [-0.1, -0.05) is 0 Å². The van der Waals surface area contributed by atoms with Crippen molar-refractivity contribution in [2.45, 2.75) is 12.2 Å². The van der Waals surface area contributed by atoms with Gasteiger partial charge in [-0.3, -0.25) is 4.40 Å². The smallest absolute Gasteiger partial charge is 0.137 e. The maximum Gasteiger partial charge on any atom is 0.137 e. The van der Waals surface area contributed by atoms with Crippen LogP contribution in [0.4, 0.5) is 5.69 Å². The summed E-state index contributed by atoms with van der Waals surface area (Å²) in [6, 6.07) is 11.6. The van der Waals surface area contributed by atoms with Crippen LogP contribution in [0, 0.1) is 0 Å². The fourth-order valence-electron chi connectivity index (χ4n) is 3.18. The van der Waals surface area contributed by atoms with Crippen LogP contribution in [0.25, 0.3) is 16.9 Å². The molecule has 27 heavy (non-hydrogen) atoms. The first kappa shape index (κ1) is 17.8. The predicted octanol–water partition coefficient (Wildman–Crippen LogP) is 2.39. The van der Waals surface area contributed by atoms with Gasteiger partial charge in [-0.25, -0.2) is 4.98 Å².